The number of ether oxygens (including phenoxy) is 4. The van der Waals surface area contributed by atoms with Gasteiger partial charge in [-0.25, -0.2) is 4.79 Å². The molecule has 1 fully saturated rings. The number of benzene rings is 2. The Bertz CT molecular complexity index is 795. The number of hydrogen-bond acceptors (Lipinski definition) is 8. The van der Waals surface area contributed by atoms with Gasteiger partial charge in [-0.3, -0.25) is 0 Å². The fraction of sp³-hybridized carbons (Fsp3) is 0.409. The van der Waals surface area contributed by atoms with Crippen LogP contribution in [-0.4, -0.2) is 66.2 Å². The van der Waals surface area contributed by atoms with Crippen LogP contribution in [0.2, 0.25) is 0 Å². The van der Waals surface area contributed by atoms with Gasteiger partial charge in [-0.15, -0.1) is 0 Å². The first-order valence-electron chi connectivity index (χ1n) is 9.63. The fourth-order valence-corrected chi connectivity index (χ4v) is 3.31. The summed E-state index contributed by atoms with van der Waals surface area (Å²) in [4.78, 5) is 12.6. The van der Waals surface area contributed by atoms with Crippen molar-refractivity contribution in [1.29, 1.82) is 0 Å². The van der Waals surface area contributed by atoms with E-state index < -0.39 is 49.7 Å². The van der Waals surface area contributed by atoms with Crippen molar-refractivity contribution in [2.75, 3.05) is 20.3 Å². The van der Waals surface area contributed by atoms with Crippen LogP contribution in [0.25, 0.3) is 0 Å². The van der Waals surface area contributed by atoms with Crippen molar-refractivity contribution in [2.24, 2.45) is 5.92 Å². The lowest BCUT2D eigenvalue weighted by molar-refractivity contribution is -0.285. The summed E-state index contributed by atoms with van der Waals surface area (Å²) >= 11 is 0. The molecule has 1 aliphatic heterocycles. The van der Waals surface area contributed by atoms with Crippen LogP contribution in [0.5, 0.6) is 5.75 Å². The maximum atomic E-state index is 12.6. The van der Waals surface area contributed by atoms with Crippen molar-refractivity contribution in [3.05, 3.63) is 65.7 Å². The van der Waals surface area contributed by atoms with Crippen LogP contribution in [0, 0.1) is 5.92 Å². The lowest BCUT2D eigenvalue weighted by atomic mass is 9.90. The topological polar surface area (TPSA) is 115 Å². The smallest absolute Gasteiger partial charge is 0.338 e. The molecule has 0 radical (unpaired) electrons. The first-order valence-corrected chi connectivity index (χ1v) is 9.63. The van der Waals surface area contributed by atoms with Crippen LogP contribution in [-0.2, 0) is 20.8 Å². The largest absolute Gasteiger partial charge is 0.489 e. The van der Waals surface area contributed by atoms with E-state index in [0.29, 0.717) is 12.4 Å². The predicted molar refractivity (Wildman–Crippen MR) is 106 cm³/mol. The summed E-state index contributed by atoms with van der Waals surface area (Å²) in [6, 6.07) is 16.1. The number of aliphatic hydroxyl groups excluding tert-OH is 3. The zero-order valence-corrected chi connectivity index (χ0v) is 16.6. The summed E-state index contributed by atoms with van der Waals surface area (Å²) in [5, 5.41) is 29.4. The first kappa shape index (κ1) is 22.2. The molecule has 5 atom stereocenters. The predicted octanol–water partition coefficient (Wildman–Crippen LogP) is 1.12. The van der Waals surface area contributed by atoms with Gasteiger partial charge < -0.3 is 34.3 Å². The number of carbonyl (C=O) groups excluding carboxylic acids is 1. The minimum absolute atomic E-state index is 0.258. The van der Waals surface area contributed by atoms with Crippen LogP contribution in [0.4, 0.5) is 0 Å². The molecule has 3 N–H and O–H groups in total. The Morgan fingerprint density at radius 2 is 1.73 bits per heavy atom. The molecule has 0 spiro atoms. The van der Waals surface area contributed by atoms with Gasteiger partial charge in [0.2, 0.25) is 0 Å². The number of rotatable bonds is 8. The van der Waals surface area contributed by atoms with E-state index in [1.165, 1.54) is 7.11 Å². The first-order chi connectivity index (χ1) is 14.6. The van der Waals surface area contributed by atoms with Crippen LogP contribution in [0.3, 0.4) is 0 Å². The molecule has 0 aromatic heterocycles. The molecule has 30 heavy (non-hydrogen) atoms. The number of hydrogen-bond donors (Lipinski definition) is 3. The van der Waals surface area contributed by atoms with Gasteiger partial charge in [0.15, 0.2) is 12.4 Å². The van der Waals surface area contributed by atoms with Gasteiger partial charge in [-0.05, 0) is 29.8 Å². The average Bonchev–Trinajstić information content (AvgIpc) is 2.79. The van der Waals surface area contributed by atoms with Gasteiger partial charge in [-0.1, -0.05) is 30.3 Å². The van der Waals surface area contributed by atoms with E-state index in [1.54, 1.807) is 24.3 Å². The molecule has 0 unspecified atom stereocenters. The molecule has 0 bridgehead atoms. The zero-order chi connectivity index (χ0) is 21.5. The van der Waals surface area contributed by atoms with E-state index in [4.69, 9.17) is 18.9 Å². The Balaban J connectivity index is 1.63. The highest BCUT2D eigenvalue weighted by molar-refractivity contribution is 5.89. The third-order valence-corrected chi connectivity index (χ3v) is 5.03. The minimum atomic E-state index is -1.26. The molecule has 0 aliphatic carbocycles. The van der Waals surface area contributed by atoms with E-state index in [-0.39, 0.29) is 5.56 Å². The molecule has 1 heterocycles. The minimum Gasteiger partial charge on any atom is -0.489 e. The van der Waals surface area contributed by atoms with E-state index in [1.807, 2.05) is 30.3 Å². The second-order valence-corrected chi connectivity index (χ2v) is 6.97. The Morgan fingerprint density at radius 1 is 1.03 bits per heavy atom. The van der Waals surface area contributed by atoms with E-state index >= 15 is 0 Å². The summed E-state index contributed by atoms with van der Waals surface area (Å²) in [5.74, 6) is -0.899. The molecule has 2 aromatic rings. The SMILES string of the molecule is CO[C@H]1O[C@H](CO)[C@@H](CO)[C@H](O)[C@H]1OC(=O)c1ccc(OCc2ccccc2)cc1. The second kappa shape index (κ2) is 10.5. The van der Waals surface area contributed by atoms with Crippen molar-refractivity contribution in [2.45, 2.75) is 31.2 Å². The lowest BCUT2D eigenvalue weighted by Crippen LogP contribution is -2.58. The number of methoxy groups -OCH3 is 1. The van der Waals surface area contributed by atoms with Crippen molar-refractivity contribution in [3.63, 3.8) is 0 Å². The van der Waals surface area contributed by atoms with Crippen LogP contribution in [0.15, 0.2) is 54.6 Å². The van der Waals surface area contributed by atoms with Crippen LogP contribution < -0.4 is 4.74 Å². The van der Waals surface area contributed by atoms with Crippen molar-refractivity contribution in [1.82, 2.24) is 0 Å². The molecule has 2 aromatic carbocycles. The molecule has 8 heteroatoms. The quantitative estimate of drug-likeness (QED) is 0.547. The summed E-state index contributed by atoms with van der Waals surface area (Å²) in [7, 11) is 1.34. The molecule has 0 amide bonds. The van der Waals surface area contributed by atoms with Gasteiger partial charge in [-0.2, -0.15) is 0 Å². The summed E-state index contributed by atoms with van der Waals surface area (Å²) < 4.78 is 21.8. The normalized spacial score (nSPS) is 26.2. The molecule has 8 nitrogen and oxygen atoms in total. The molecule has 1 saturated heterocycles. The van der Waals surface area contributed by atoms with Crippen LogP contribution in [0.1, 0.15) is 15.9 Å². The maximum Gasteiger partial charge on any atom is 0.338 e. The van der Waals surface area contributed by atoms with Gasteiger partial charge >= 0.3 is 5.97 Å². The Labute approximate surface area is 174 Å². The van der Waals surface area contributed by atoms with Crippen LogP contribution >= 0.6 is 0 Å². The highest BCUT2D eigenvalue weighted by atomic mass is 16.7. The Hall–Kier alpha value is -2.49. The number of esters is 1. The molecule has 3 rings (SSSR count). The summed E-state index contributed by atoms with van der Waals surface area (Å²) in [6.07, 6.45) is -4.32. The standard InChI is InChI=1S/C22H26O8/c1-27-22-20(19(25)17(11-23)18(12-24)29-22)30-21(26)15-7-9-16(10-8-15)28-13-14-5-3-2-4-6-14/h2-10,17-20,22-25H,11-13H2,1H3/t17-,18-,19+,20-,22+/m1/s1. The third kappa shape index (κ3) is 5.16. The van der Waals surface area contributed by atoms with Gasteiger partial charge in [0.1, 0.15) is 18.5 Å². The van der Waals surface area contributed by atoms with E-state index in [0.717, 1.165) is 5.56 Å². The Morgan fingerprint density at radius 3 is 2.33 bits per heavy atom. The monoisotopic (exact) mass is 418 g/mol. The number of aliphatic hydroxyl groups is 3. The van der Waals surface area contributed by atoms with Gasteiger partial charge in [0.25, 0.3) is 0 Å². The molecule has 162 valence electrons. The van der Waals surface area contributed by atoms with Gasteiger partial charge in [0.05, 0.1) is 24.9 Å². The van der Waals surface area contributed by atoms with E-state index in [2.05, 4.69) is 0 Å². The van der Waals surface area contributed by atoms with Gasteiger partial charge in [0, 0.05) is 13.0 Å². The second-order valence-electron chi connectivity index (χ2n) is 6.97. The maximum absolute atomic E-state index is 12.6. The summed E-state index contributed by atoms with van der Waals surface area (Å²) in [5.41, 5.74) is 1.28. The van der Waals surface area contributed by atoms with Crippen molar-refractivity contribution < 1.29 is 39.1 Å². The highest BCUT2D eigenvalue weighted by Crippen LogP contribution is 2.29. The lowest BCUT2D eigenvalue weighted by Gasteiger charge is -2.42. The highest BCUT2D eigenvalue weighted by Gasteiger charge is 2.47. The Kier molecular flexibility index (Phi) is 7.78. The number of carbonyl (C=O) groups is 1. The average molecular weight is 418 g/mol. The zero-order valence-electron chi connectivity index (χ0n) is 16.6. The molecular formula is C22H26O8. The molecule has 1 aliphatic rings. The molecular weight excluding hydrogens is 392 g/mol. The molecule has 0 saturated carbocycles. The van der Waals surface area contributed by atoms with Crippen molar-refractivity contribution >= 4 is 5.97 Å². The summed E-state index contributed by atoms with van der Waals surface area (Å²) in [6.45, 7) is -0.447. The van der Waals surface area contributed by atoms with E-state index in [9.17, 15) is 20.1 Å². The van der Waals surface area contributed by atoms with Crippen molar-refractivity contribution in [3.8, 4) is 5.75 Å². The fourth-order valence-electron chi connectivity index (χ4n) is 3.31. The third-order valence-electron chi connectivity index (χ3n) is 5.03.